The van der Waals surface area contributed by atoms with E-state index >= 15 is 0 Å². The van der Waals surface area contributed by atoms with Crippen LogP contribution in [0.15, 0.2) is 0 Å². The molecule has 0 unspecified atom stereocenters. The third kappa shape index (κ3) is 2.80. The van der Waals surface area contributed by atoms with Crippen molar-refractivity contribution in [3.63, 3.8) is 0 Å². The smallest absolute Gasteiger partial charge is 0.131 e. The summed E-state index contributed by atoms with van der Waals surface area (Å²) in [5.74, 6) is 1.02. The summed E-state index contributed by atoms with van der Waals surface area (Å²) >= 11 is 0. The van der Waals surface area contributed by atoms with Crippen LogP contribution >= 0.6 is 0 Å². The minimum Gasteiger partial charge on any atom is -0.300 e. The topological polar surface area (TPSA) is 20.3 Å². The van der Waals surface area contributed by atoms with Crippen LogP contribution in [-0.2, 0) is 4.79 Å². The predicted octanol–water partition coefficient (Wildman–Crippen LogP) is 2.09. The Bertz CT molecular complexity index is 194. The van der Waals surface area contributed by atoms with Gasteiger partial charge in [-0.15, -0.1) is 0 Å². The molecule has 0 aromatic carbocycles. The maximum atomic E-state index is 11.1. The van der Waals surface area contributed by atoms with Gasteiger partial charge in [-0.25, -0.2) is 0 Å². The summed E-state index contributed by atoms with van der Waals surface area (Å²) in [7, 11) is 2.15. The van der Waals surface area contributed by atoms with Crippen LogP contribution in [0.5, 0.6) is 0 Å². The SMILES string of the molecule is CC(=O)CC1(N(C)CC(C)C)CC1. The highest BCUT2D eigenvalue weighted by atomic mass is 16.1. The van der Waals surface area contributed by atoms with Crippen molar-refractivity contribution in [1.29, 1.82) is 0 Å². The third-order valence-corrected chi connectivity index (χ3v) is 2.85. The molecule has 2 heteroatoms. The van der Waals surface area contributed by atoms with E-state index < -0.39 is 0 Å². The lowest BCUT2D eigenvalue weighted by molar-refractivity contribution is -0.118. The second-order valence-corrected chi connectivity index (χ2v) is 4.88. The number of ketones is 1. The molecule has 0 aliphatic heterocycles. The Morgan fingerprint density at radius 3 is 2.31 bits per heavy atom. The average Bonchev–Trinajstić information content (AvgIpc) is 2.66. The molecule has 0 amide bonds. The van der Waals surface area contributed by atoms with E-state index in [0.29, 0.717) is 11.7 Å². The van der Waals surface area contributed by atoms with Gasteiger partial charge in [0.1, 0.15) is 5.78 Å². The number of nitrogens with zero attached hydrogens (tertiary/aromatic N) is 1. The predicted molar refractivity (Wildman–Crippen MR) is 54.7 cm³/mol. The molecule has 1 aliphatic rings. The van der Waals surface area contributed by atoms with E-state index in [0.717, 1.165) is 13.0 Å². The summed E-state index contributed by atoms with van der Waals surface area (Å²) in [6.07, 6.45) is 3.15. The van der Waals surface area contributed by atoms with Crippen molar-refractivity contribution in [2.45, 2.75) is 45.6 Å². The van der Waals surface area contributed by atoms with Gasteiger partial charge in [0.2, 0.25) is 0 Å². The molecular formula is C11H21NO. The second kappa shape index (κ2) is 3.79. The molecule has 2 nitrogen and oxygen atoms in total. The molecule has 0 aromatic heterocycles. The highest BCUT2D eigenvalue weighted by Crippen LogP contribution is 2.44. The minimum absolute atomic E-state index is 0.246. The quantitative estimate of drug-likeness (QED) is 0.650. The van der Waals surface area contributed by atoms with Gasteiger partial charge in [0.05, 0.1) is 0 Å². The molecule has 0 N–H and O–H groups in total. The Hall–Kier alpha value is -0.370. The molecule has 13 heavy (non-hydrogen) atoms. The van der Waals surface area contributed by atoms with E-state index in [2.05, 4.69) is 25.8 Å². The molecule has 0 radical (unpaired) electrons. The van der Waals surface area contributed by atoms with E-state index in [-0.39, 0.29) is 5.54 Å². The summed E-state index contributed by atoms with van der Waals surface area (Å²) in [6.45, 7) is 7.25. The van der Waals surface area contributed by atoms with Gasteiger partial charge in [-0.05, 0) is 32.7 Å². The molecule has 0 aromatic rings. The van der Waals surface area contributed by atoms with Gasteiger partial charge >= 0.3 is 0 Å². The first-order chi connectivity index (χ1) is 5.96. The lowest BCUT2D eigenvalue weighted by Crippen LogP contribution is -2.37. The molecule has 0 bridgehead atoms. The second-order valence-electron chi connectivity index (χ2n) is 4.88. The Morgan fingerprint density at radius 1 is 1.46 bits per heavy atom. The van der Waals surface area contributed by atoms with Crippen LogP contribution in [0.25, 0.3) is 0 Å². The van der Waals surface area contributed by atoms with Gasteiger partial charge in [0, 0.05) is 18.5 Å². The van der Waals surface area contributed by atoms with Crippen molar-refractivity contribution in [3.05, 3.63) is 0 Å². The standard InChI is InChI=1S/C11H21NO/c1-9(2)8-12(4)11(5-6-11)7-10(3)13/h9H,5-8H2,1-4H3. The largest absolute Gasteiger partial charge is 0.300 e. The van der Waals surface area contributed by atoms with Gasteiger partial charge in [-0.1, -0.05) is 13.8 Å². The summed E-state index contributed by atoms with van der Waals surface area (Å²) in [5.41, 5.74) is 0.246. The number of hydrogen-bond acceptors (Lipinski definition) is 2. The normalized spacial score (nSPS) is 19.5. The van der Waals surface area contributed by atoms with Crippen LogP contribution in [0.4, 0.5) is 0 Å². The van der Waals surface area contributed by atoms with E-state index in [9.17, 15) is 4.79 Å². The molecule has 0 saturated heterocycles. The molecular weight excluding hydrogens is 162 g/mol. The lowest BCUT2D eigenvalue weighted by Gasteiger charge is -2.28. The van der Waals surface area contributed by atoms with Crippen LogP contribution < -0.4 is 0 Å². The van der Waals surface area contributed by atoms with E-state index in [4.69, 9.17) is 0 Å². The summed E-state index contributed by atoms with van der Waals surface area (Å²) in [4.78, 5) is 13.4. The molecule has 76 valence electrons. The zero-order valence-corrected chi connectivity index (χ0v) is 9.26. The first kappa shape index (κ1) is 10.7. The Morgan fingerprint density at radius 2 is 2.00 bits per heavy atom. The first-order valence-electron chi connectivity index (χ1n) is 5.17. The molecule has 1 saturated carbocycles. The number of carbonyl (C=O) groups is 1. The van der Waals surface area contributed by atoms with Crippen LogP contribution in [0.1, 0.15) is 40.0 Å². The van der Waals surface area contributed by atoms with Gasteiger partial charge in [-0.2, -0.15) is 0 Å². The third-order valence-electron chi connectivity index (χ3n) is 2.85. The van der Waals surface area contributed by atoms with Gasteiger partial charge in [0.15, 0.2) is 0 Å². The van der Waals surface area contributed by atoms with Crippen LogP contribution in [0.2, 0.25) is 0 Å². The zero-order valence-electron chi connectivity index (χ0n) is 9.26. The van der Waals surface area contributed by atoms with Gasteiger partial charge in [-0.3, -0.25) is 9.69 Å². The minimum atomic E-state index is 0.246. The molecule has 1 fully saturated rings. The number of Topliss-reactive ketones (excluding diaryl/α,β-unsaturated/α-hetero) is 1. The molecule has 0 spiro atoms. The maximum Gasteiger partial charge on any atom is 0.131 e. The zero-order chi connectivity index (χ0) is 10.1. The van der Waals surface area contributed by atoms with E-state index in [1.165, 1.54) is 12.8 Å². The summed E-state index contributed by atoms with van der Waals surface area (Å²) in [5, 5.41) is 0. The van der Waals surface area contributed by atoms with Crippen LogP contribution in [-0.4, -0.2) is 29.8 Å². The van der Waals surface area contributed by atoms with Crippen LogP contribution in [0, 0.1) is 5.92 Å². The Balaban J connectivity index is 2.44. The fourth-order valence-electron chi connectivity index (χ4n) is 2.04. The van der Waals surface area contributed by atoms with E-state index in [1.54, 1.807) is 6.92 Å². The van der Waals surface area contributed by atoms with Crippen molar-refractivity contribution in [3.8, 4) is 0 Å². The van der Waals surface area contributed by atoms with Crippen molar-refractivity contribution >= 4 is 5.78 Å². The fraction of sp³-hybridized carbons (Fsp3) is 0.909. The highest BCUT2D eigenvalue weighted by molar-refractivity contribution is 5.77. The Labute approximate surface area is 81.3 Å². The maximum absolute atomic E-state index is 11.1. The van der Waals surface area contributed by atoms with Gasteiger partial charge < -0.3 is 0 Å². The number of rotatable bonds is 5. The molecule has 0 atom stereocenters. The van der Waals surface area contributed by atoms with Crippen molar-refractivity contribution < 1.29 is 4.79 Å². The fourth-order valence-corrected chi connectivity index (χ4v) is 2.04. The van der Waals surface area contributed by atoms with Crippen molar-refractivity contribution in [2.75, 3.05) is 13.6 Å². The molecule has 1 aliphatic carbocycles. The Kier molecular flexibility index (Phi) is 3.12. The molecule has 0 heterocycles. The summed E-state index contributed by atoms with van der Waals surface area (Å²) < 4.78 is 0. The van der Waals surface area contributed by atoms with Crippen LogP contribution in [0.3, 0.4) is 0 Å². The van der Waals surface area contributed by atoms with Gasteiger partial charge in [0.25, 0.3) is 0 Å². The molecule has 1 rings (SSSR count). The number of hydrogen-bond donors (Lipinski definition) is 0. The van der Waals surface area contributed by atoms with E-state index in [1.807, 2.05) is 0 Å². The van der Waals surface area contributed by atoms with Crippen molar-refractivity contribution in [2.24, 2.45) is 5.92 Å². The first-order valence-corrected chi connectivity index (χ1v) is 5.17. The van der Waals surface area contributed by atoms with Crippen molar-refractivity contribution in [1.82, 2.24) is 4.90 Å². The lowest BCUT2D eigenvalue weighted by atomic mass is 10.1. The highest BCUT2D eigenvalue weighted by Gasteiger charge is 2.46. The monoisotopic (exact) mass is 183 g/mol. The summed E-state index contributed by atoms with van der Waals surface area (Å²) in [6, 6.07) is 0. The average molecular weight is 183 g/mol. The number of carbonyl (C=O) groups excluding carboxylic acids is 1.